The first-order chi connectivity index (χ1) is 12.0. The van der Waals surface area contributed by atoms with Crippen LogP contribution in [-0.2, 0) is 11.2 Å². The highest BCUT2D eigenvalue weighted by atomic mass is 19.1. The number of halogens is 1. The van der Waals surface area contributed by atoms with E-state index >= 15 is 0 Å². The summed E-state index contributed by atoms with van der Waals surface area (Å²) < 4.78 is 13.3. The van der Waals surface area contributed by atoms with Gasteiger partial charge in [0.2, 0.25) is 5.91 Å². The van der Waals surface area contributed by atoms with E-state index in [1.54, 1.807) is 12.1 Å². The topological polar surface area (TPSA) is 85.1 Å². The van der Waals surface area contributed by atoms with Crippen LogP contribution in [0.25, 0.3) is 10.9 Å². The molecule has 6 heteroatoms. The number of para-hydroxylation sites is 1. The molecule has 0 aliphatic heterocycles. The van der Waals surface area contributed by atoms with E-state index in [2.05, 4.69) is 10.3 Å². The molecule has 5 nitrogen and oxygen atoms in total. The highest BCUT2D eigenvalue weighted by molar-refractivity contribution is 5.99. The lowest BCUT2D eigenvalue weighted by molar-refractivity contribution is -0.119. The lowest BCUT2D eigenvalue weighted by Crippen LogP contribution is -2.45. The Morgan fingerprint density at radius 2 is 1.92 bits per heavy atom. The predicted molar refractivity (Wildman–Crippen MR) is 92.3 cm³/mol. The molecule has 1 atom stereocenters. The van der Waals surface area contributed by atoms with Gasteiger partial charge in [0.15, 0.2) is 0 Å². The molecule has 25 heavy (non-hydrogen) atoms. The molecule has 0 saturated carbocycles. The zero-order valence-electron chi connectivity index (χ0n) is 13.3. The molecule has 0 aliphatic rings. The molecule has 0 aliphatic carbocycles. The molecule has 0 saturated heterocycles. The Hall–Kier alpha value is -3.28. The number of aromatic nitrogens is 1. The van der Waals surface area contributed by atoms with E-state index in [1.807, 2.05) is 24.3 Å². The van der Waals surface area contributed by atoms with E-state index < -0.39 is 23.7 Å². The Bertz CT molecular complexity index is 943. The van der Waals surface area contributed by atoms with E-state index in [9.17, 15) is 14.0 Å². The van der Waals surface area contributed by atoms with Gasteiger partial charge in [0, 0.05) is 18.0 Å². The molecule has 3 N–H and O–H groups in total. The quantitative estimate of drug-likeness (QED) is 0.748. The summed E-state index contributed by atoms with van der Waals surface area (Å²) >= 11 is 0. The Balaban J connectivity index is 1.78. The van der Waals surface area contributed by atoms with Gasteiger partial charge in [-0.1, -0.05) is 30.3 Å². The van der Waals surface area contributed by atoms with Gasteiger partial charge in [-0.25, -0.2) is 4.39 Å². The number of rotatable bonds is 5. The number of primary amides is 1. The molecule has 0 unspecified atom stereocenters. The minimum Gasteiger partial charge on any atom is -0.368 e. The smallest absolute Gasteiger partial charge is 0.253 e. The number of amides is 2. The molecule has 0 bridgehead atoms. The van der Waals surface area contributed by atoms with Crippen LogP contribution in [0.2, 0.25) is 0 Å². The Kier molecular flexibility index (Phi) is 4.70. The first kappa shape index (κ1) is 16.6. The molecule has 1 heterocycles. The van der Waals surface area contributed by atoms with Gasteiger partial charge in [0.05, 0.1) is 11.1 Å². The van der Waals surface area contributed by atoms with Crippen molar-refractivity contribution < 1.29 is 14.0 Å². The van der Waals surface area contributed by atoms with Crippen LogP contribution in [-0.4, -0.2) is 22.8 Å². The van der Waals surface area contributed by atoms with Gasteiger partial charge in [-0.3, -0.25) is 14.6 Å². The lowest BCUT2D eigenvalue weighted by atomic mass is 10.0. The fraction of sp³-hybridized carbons (Fsp3) is 0.105. The van der Waals surface area contributed by atoms with Crippen LogP contribution in [0.15, 0.2) is 60.8 Å². The predicted octanol–water partition coefficient (Wildman–Crippen LogP) is 2.20. The number of hydrogen-bond donors (Lipinski definition) is 2. The van der Waals surface area contributed by atoms with Gasteiger partial charge in [0.1, 0.15) is 11.9 Å². The monoisotopic (exact) mass is 337 g/mol. The van der Waals surface area contributed by atoms with Gasteiger partial charge in [-0.05, 0) is 29.8 Å². The molecule has 2 aromatic carbocycles. The molecule has 1 aromatic heterocycles. The summed E-state index contributed by atoms with van der Waals surface area (Å²) in [6.07, 6.45) is 1.55. The number of nitrogens with two attached hydrogens (primary N) is 1. The van der Waals surface area contributed by atoms with Crippen molar-refractivity contribution in [2.24, 2.45) is 5.73 Å². The second-order valence-corrected chi connectivity index (χ2v) is 5.68. The standard InChI is InChI=1S/C19H16FN3O2/c20-15-6-3-4-12(8-15)9-17(18(21)24)23-19(25)14-10-13-5-1-2-7-16(13)22-11-14/h1-8,10-11,17H,9H2,(H2,21,24)(H,23,25)/t17-/m0/s1. The maximum absolute atomic E-state index is 13.3. The molecular weight excluding hydrogens is 321 g/mol. The summed E-state index contributed by atoms with van der Waals surface area (Å²) in [6, 6.07) is 14.0. The fourth-order valence-electron chi connectivity index (χ4n) is 2.56. The number of nitrogens with one attached hydrogen (secondary N) is 1. The van der Waals surface area contributed by atoms with Crippen molar-refractivity contribution in [3.8, 4) is 0 Å². The van der Waals surface area contributed by atoms with Crippen molar-refractivity contribution in [1.29, 1.82) is 0 Å². The SMILES string of the molecule is NC(=O)[C@H](Cc1cccc(F)c1)NC(=O)c1cnc2ccccc2c1. The third-order valence-corrected chi connectivity index (χ3v) is 3.83. The van der Waals surface area contributed by atoms with Crippen molar-refractivity contribution >= 4 is 22.7 Å². The van der Waals surface area contributed by atoms with E-state index in [0.29, 0.717) is 11.1 Å². The Morgan fingerprint density at radius 3 is 2.68 bits per heavy atom. The van der Waals surface area contributed by atoms with Gasteiger partial charge in [0.25, 0.3) is 5.91 Å². The van der Waals surface area contributed by atoms with Gasteiger partial charge >= 0.3 is 0 Å². The van der Waals surface area contributed by atoms with E-state index in [-0.39, 0.29) is 6.42 Å². The fourth-order valence-corrected chi connectivity index (χ4v) is 2.56. The van der Waals surface area contributed by atoms with Crippen LogP contribution in [0, 0.1) is 5.82 Å². The van der Waals surface area contributed by atoms with Crippen molar-refractivity contribution in [3.05, 3.63) is 77.7 Å². The summed E-state index contributed by atoms with van der Waals surface area (Å²) in [6.45, 7) is 0. The molecular formula is C19H16FN3O2. The third-order valence-electron chi connectivity index (χ3n) is 3.83. The summed E-state index contributed by atoms with van der Waals surface area (Å²) in [7, 11) is 0. The number of pyridine rings is 1. The van der Waals surface area contributed by atoms with Gasteiger partial charge < -0.3 is 11.1 Å². The van der Waals surface area contributed by atoms with Crippen molar-refractivity contribution in [2.75, 3.05) is 0 Å². The van der Waals surface area contributed by atoms with Crippen LogP contribution < -0.4 is 11.1 Å². The van der Waals surface area contributed by atoms with E-state index in [1.165, 1.54) is 24.4 Å². The minimum absolute atomic E-state index is 0.111. The minimum atomic E-state index is -0.944. The first-order valence-electron chi connectivity index (χ1n) is 7.72. The van der Waals surface area contributed by atoms with Crippen molar-refractivity contribution in [3.63, 3.8) is 0 Å². The molecule has 3 aromatic rings. The maximum Gasteiger partial charge on any atom is 0.253 e. The number of carbonyl (C=O) groups is 2. The van der Waals surface area contributed by atoms with Crippen LogP contribution >= 0.6 is 0 Å². The lowest BCUT2D eigenvalue weighted by Gasteiger charge is -2.16. The molecule has 0 spiro atoms. The van der Waals surface area contributed by atoms with Crippen LogP contribution in [0.4, 0.5) is 4.39 Å². The molecule has 0 fully saturated rings. The van der Waals surface area contributed by atoms with E-state index in [4.69, 9.17) is 5.73 Å². The second-order valence-electron chi connectivity index (χ2n) is 5.68. The number of carbonyl (C=O) groups excluding carboxylic acids is 2. The molecule has 2 amide bonds. The van der Waals surface area contributed by atoms with E-state index in [0.717, 1.165) is 10.9 Å². The zero-order chi connectivity index (χ0) is 17.8. The number of nitrogens with zero attached hydrogens (tertiary/aromatic N) is 1. The van der Waals surface area contributed by atoms with Crippen LogP contribution in [0.3, 0.4) is 0 Å². The number of benzene rings is 2. The summed E-state index contributed by atoms with van der Waals surface area (Å²) in [5, 5.41) is 3.41. The third kappa shape index (κ3) is 3.98. The van der Waals surface area contributed by atoms with Crippen molar-refractivity contribution in [2.45, 2.75) is 12.5 Å². The number of hydrogen-bond acceptors (Lipinski definition) is 3. The highest BCUT2D eigenvalue weighted by Crippen LogP contribution is 2.13. The van der Waals surface area contributed by atoms with Crippen LogP contribution in [0.1, 0.15) is 15.9 Å². The molecule has 126 valence electrons. The molecule has 3 rings (SSSR count). The van der Waals surface area contributed by atoms with Gasteiger partial charge in [-0.2, -0.15) is 0 Å². The highest BCUT2D eigenvalue weighted by Gasteiger charge is 2.20. The maximum atomic E-state index is 13.3. The van der Waals surface area contributed by atoms with Crippen molar-refractivity contribution in [1.82, 2.24) is 10.3 Å². The first-order valence-corrected chi connectivity index (χ1v) is 7.72. The zero-order valence-corrected chi connectivity index (χ0v) is 13.3. The summed E-state index contributed by atoms with van der Waals surface area (Å²) in [5.41, 5.74) is 7.04. The summed E-state index contributed by atoms with van der Waals surface area (Å²) in [5.74, 6) is -1.56. The normalized spacial score (nSPS) is 11.9. The average Bonchev–Trinajstić information content (AvgIpc) is 2.60. The number of fused-ring (bicyclic) bond motifs is 1. The average molecular weight is 337 g/mol. The second kappa shape index (κ2) is 7.09. The largest absolute Gasteiger partial charge is 0.368 e. The van der Waals surface area contributed by atoms with Gasteiger partial charge in [-0.15, -0.1) is 0 Å². The Labute approximate surface area is 143 Å². The van der Waals surface area contributed by atoms with Crippen LogP contribution in [0.5, 0.6) is 0 Å². The Morgan fingerprint density at radius 1 is 1.12 bits per heavy atom. The summed E-state index contributed by atoms with van der Waals surface area (Å²) in [4.78, 5) is 28.3. The molecule has 0 radical (unpaired) electrons.